The third-order valence-corrected chi connectivity index (χ3v) is 6.32. The van der Waals surface area contributed by atoms with Crippen LogP contribution in [0.1, 0.15) is 10.4 Å². The van der Waals surface area contributed by atoms with Crippen molar-refractivity contribution in [1.82, 2.24) is 4.31 Å². The number of ether oxygens (including phenoxy) is 1. The summed E-state index contributed by atoms with van der Waals surface area (Å²) in [6, 6.07) is 22.3. The van der Waals surface area contributed by atoms with E-state index in [1.807, 2.05) is 42.5 Å². The zero-order chi connectivity index (χ0) is 22.4. The molecule has 3 aromatic rings. The van der Waals surface area contributed by atoms with Crippen LogP contribution in [-0.2, 0) is 19.6 Å². The molecule has 1 amide bonds. The summed E-state index contributed by atoms with van der Waals surface area (Å²) in [5.41, 5.74) is 2.55. The van der Waals surface area contributed by atoms with Gasteiger partial charge in [-0.1, -0.05) is 48.5 Å². The lowest BCUT2D eigenvalue weighted by molar-refractivity contribution is -0.119. The molecule has 7 nitrogen and oxygen atoms in total. The van der Waals surface area contributed by atoms with Crippen LogP contribution in [-0.4, -0.2) is 45.3 Å². The third kappa shape index (κ3) is 5.36. The highest BCUT2D eigenvalue weighted by molar-refractivity contribution is 7.89. The van der Waals surface area contributed by atoms with Crippen molar-refractivity contribution in [2.45, 2.75) is 4.90 Å². The molecular formula is C23H22N2O5S. The fourth-order valence-corrected chi connectivity index (χ4v) is 3.74. The second kappa shape index (κ2) is 9.55. The first-order valence-corrected chi connectivity index (χ1v) is 10.9. The van der Waals surface area contributed by atoms with Crippen molar-refractivity contribution in [2.75, 3.05) is 26.0 Å². The van der Waals surface area contributed by atoms with E-state index in [1.165, 1.54) is 38.4 Å². The molecule has 0 aromatic heterocycles. The van der Waals surface area contributed by atoms with E-state index in [1.54, 1.807) is 12.1 Å². The van der Waals surface area contributed by atoms with Gasteiger partial charge in [0, 0.05) is 25.3 Å². The second-order valence-electron chi connectivity index (χ2n) is 6.85. The minimum atomic E-state index is -3.59. The maximum atomic E-state index is 12.3. The molecule has 8 heteroatoms. The van der Waals surface area contributed by atoms with Gasteiger partial charge >= 0.3 is 5.97 Å². The van der Waals surface area contributed by atoms with Crippen LogP contribution >= 0.6 is 0 Å². The highest BCUT2D eigenvalue weighted by Crippen LogP contribution is 2.27. The van der Waals surface area contributed by atoms with E-state index in [0.717, 1.165) is 15.4 Å². The highest BCUT2D eigenvalue weighted by Gasteiger charge is 2.18. The molecule has 31 heavy (non-hydrogen) atoms. The molecule has 0 aliphatic rings. The molecule has 0 bridgehead atoms. The van der Waals surface area contributed by atoms with E-state index in [4.69, 9.17) is 4.74 Å². The minimum Gasteiger partial charge on any atom is -0.452 e. The van der Waals surface area contributed by atoms with E-state index in [-0.39, 0.29) is 10.5 Å². The number of amides is 1. The first-order chi connectivity index (χ1) is 14.8. The summed E-state index contributed by atoms with van der Waals surface area (Å²) >= 11 is 0. The van der Waals surface area contributed by atoms with Gasteiger partial charge < -0.3 is 10.1 Å². The van der Waals surface area contributed by atoms with Crippen molar-refractivity contribution in [3.63, 3.8) is 0 Å². The van der Waals surface area contributed by atoms with E-state index in [9.17, 15) is 18.0 Å². The largest absolute Gasteiger partial charge is 0.452 e. The first-order valence-electron chi connectivity index (χ1n) is 9.43. The first kappa shape index (κ1) is 22.2. The fraction of sp³-hybridized carbons (Fsp3) is 0.130. The molecule has 0 spiro atoms. The molecule has 1 N–H and O–H groups in total. The van der Waals surface area contributed by atoms with E-state index in [2.05, 4.69) is 5.32 Å². The SMILES string of the molecule is CN(C)S(=O)(=O)c1ccc(C(=O)OCC(=O)Nc2ccccc2-c2ccccc2)cc1. The van der Waals surface area contributed by atoms with Gasteiger partial charge in [0.05, 0.1) is 10.5 Å². The van der Waals surface area contributed by atoms with Crippen LogP contribution in [0.3, 0.4) is 0 Å². The Morgan fingerprint density at radius 3 is 2.13 bits per heavy atom. The van der Waals surface area contributed by atoms with Gasteiger partial charge in [-0.3, -0.25) is 4.79 Å². The molecule has 0 aliphatic carbocycles. The van der Waals surface area contributed by atoms with Gasteiger partial charge in [0.2, 0.25) is 10.0 Å². The summed E-state index contributed by atoms with van der Waals surface area (Å²) in [6.45, 7) is -0.473. The zero-order valence-corrected chi connectivity index (χ0v) is 17.9. The zero-order valence-electron chi connectivity index (χ0n) is 17.1. The highest BCUT2D eigenvalue weighted by atomic mass is 32.2. The Labute approximate surface area is 181 Å². The maximum Gasteiger partial charge on any atom is 0.338 e. The average molecular weight is 439 g/mol. The number of rotatable bonds is 7. The summed E-state index contributed by atoms with van der Waals surface area (Å²) < 4.78 is 30.3. The smallest absolute Gasteiger partial charge is 0.338 e. The van der Waals surface area contributed by atoms with Crippen LogP contribution < -0.4 is 5.32 Å². The topological polar surface area (TPSA) is 92.8 Å². The Kier molecular flexibility index (Phi) is 6.84. The molecule has 160 valence electrons. The van der Waals surface area contributed by atoms with Gasteiger partial charge in [0.15, 0.2) is 6.61 Å². The number of esters is 1. The predicted octanol–water partition coefficient (Wildman–Crippen LogP) is 3.40. The number of benzene rings is 3. The van der Waals surface area contributed by atoms with Crippen LogP contribution in [0.25, 0.3) is 11.1 Å². The number of nitrogens with one attached hydrogen (secondary N) is 1. The number of sulfonamides is 1. The number of carbonyl (C=O) groups excluding carboxylic acids is 2. The molecule has 0 fully saturated rings. The average Bonchev–Trinajstić information content (AvgIpc) is 2.78. The predicted molar refractivity (Wildman–Crippen MR) is 118 cm³/mol. The fourth-order valence-electron chi connectivity index (χ4n) is 2.84. The quantitative estimate of drug-likeness (QED) is 0.571. The molecule has 3 aromatic carbocycles. The molecular weight excluding hydrogens is 416 g/mol. The van der Waals surface area contributed by atoms with E-state index >= 15 is 0 Å². The van der Waals surface area contributed by atoms with E-state index in [0.29, 0.717) is 5.69 Å². The van der Waals surface area contributed by atoms with Gasteiger partial charge in [0.25, 0.3) is 5.91 Å². The van der Waals surface area contributed by atoms with Gasteiger partial charge in [-0.05, 0) is 35.9 Å². The molecule has 3 rings (SSSR count). The Balaban J connectivity index is 1.63. The normalized spacial score (nSPS) is 11.2. The standard InChI is InChI=1S/C23H22N2O5S/c1-25(2)31(28,29)19-14-12-18(13-15-19)23(27)30-16-22(26)24-21-11-7-6-10-20(21)17-8-4-3-5-9-17/h3-15H,16H2,1-2H3,(H,24,26). The molecule has 0 heterocycles. The van der Waals surface area contributed by atoms with Gasteiger partial charge in [-0.15, -0.1) is 0 Å². The summed E-state index contributed by atoms with van der Waals surface area (Å²) in [4.78, 5) is 24.6. The van der Waals surface area contributed by atoms with Gasteiger partial charge in [-0.25, -0.2) is 17.5 Å². The number of hydrogen-bond donors (Lipinski definition) is 1. The van der Waals surface area contributed by atoms with Crippen molar-refractivity contribution >= 4 is 27.6 Å². The molecule has 0 saturated carbocycles. The van der Waals surface area contributed by atoms with Gasteiger partial charge in [-0.2, -0.15) is 0 Å². The summed E-state index contributed by atoms with van der Waals surface area (Å²) in [6.07, 6.45) is 0. The van der Waals surface area contributed by atoms with Crippen molar-refractivity contribution in [3.05, 3.63) is 84.4 Å². The Hall–Kier alpha value is -3.49. The second-order valence-corrected chi connectivity index (χ2v) is 9.00. The Morgan fingerprint density at radius 2 is 1.48 bits per heavy atom. The van der Waals surface area contributed by atoms with Crippen molar-refractivity contribution in [2.24, 2.45) is 0 Å². The molecule has 0 unspecified atom stereocenters. The Morgan fingerprint density at radius 1 is 0.871 bits per heavy atom. The maximum absolute atomic E-state index is 12.3. The van der Waals surface area contributed by atoms with Crippen LogP contribution in [0.2, 0.25) is 0 Å². The molecule has 0 saturated heterocycles. The lowest BCUT2D eigenvalue weighted by Crippen LogP contribution is -2.22. The number of hydrogen-bond acceptors (Lipinski definition) is 5. The number of anilines is 1. The molecule has 0 radical (unpaired) electrons. The van der Waals surface area contributed by atoms with Gasteiger partial charge in [0.1, 0.15) is 0 Å². The number of nitrogens with zero attached hydrogens (tertiary/aromatic N) is 1. The van der Waals surface area contributed by atoms with Crippen molar-refractivity contribution < 1.29 is 22.7 Å². The van der Waals surface area contributed by atoms with Crippen LogP contribution in [0.15, 0.2) is 83.8 Å². The summed E-state index contributed by atoms with van der Waals surface area (Å²) in [5.74, 6) is -1.20. The lowest BCUT2D eigenvalue weighted by Gasteiger charge is -2.12. The third-order valence-electron chi connectivity index (χ3n) is 4.49. The van der Waals surface area contributed by atoms with Crippen molar-refractivity contribution in [3.8, 4) is 11.1 Å². The monoisotopic (exact) mass is 438 g/mol. The molecule has 0 atom stereocenters. The number of carbonyl (C=O) groups is 2. The Bertz CT molecular complexity index is 1170. The van der Waals surface area contributed by atoms with E-state index < -0.39 is 28.5 Å². The summed E-state index contributed by atoms with van der Waals surface area (Å²) in [7, 11) is -0.744. The van der Waals surface area contributed by atoms with Crippen LogP contribution in [0.5, 0.6) is 0 Å². The lowest BCUT2D eigenvalue weighted by atomic mass is 10.0. The van der Waals surface area contributed by atoms with Crippen LogP contribution in [0, 0.1) is 0 Å². The minimum absolute atomic E-state index is 0.0595. The van der Waals surface area contributed by atoms with Crippen LogP contribution in [0.4, 0.5) is 5.69 Å². The number of para-hydroxylation sites is 1. The van der Waals surface area contributed by atoms with Crippen molar-refractivity contribution in [1.29, 1.82) is 0 Å². The molecule has 0 aliphatic heterocycles. The summed E-state index contributed by atoms with van der Waals surface area (Å²) in [5, 5.41) is 2.76.